The van der Waals surface area contributed by atoms with Gasteiger partial charge in [-0.1, -0.05) is 72.8 Å². The van der Waals surface area contributed by atoms with Crippen LogP contribution in [0.4, 0.5) is 5.69 Å². The smallest absolute Gasteiger partial charge is 0.0451 e. The molecule has 0 aliphatic heterocycles. The first-order valence-electron chi connectivity index (χ1n) is 7.26. The predicted molar refractivity (Wildman–Crippen MR) is 91.6 cm³/mol. The van der Waals surface area contributed by atoms with E-state index in [-0.39, 0.29) is 0 Å². The van der Waals surface area contributed by atoms with Gasteiger partial charge in [-0.05, 0) is 17.0 Å². The minimum atomic E-state index is 0.836. The van der Waals surface area contributed by atoms with Crippen molar-refractivity contribution in [3.05, 3.63) is 91.0 Å². The number of hydrogen-bond acceptors (Lipinski definition) is 1. The van der Waals surface area contributed by atoms with Crippen molar-refractivity contribution in [2.75, 3.05) is 11.4 Å². The standard InChI is InChI=1S/C20H19N/c1-2-15-21(16-17-9-4-3-5-10-17)20-14-8-12-18-11-6-7-13-19(18)20/h2-14H,1,15-16H2. The molecule has 0 amide bonds. The number of nitrogens with zero attached hydrogens (tertiary/aromatic N) is 1. The highest BCUT2D eigenvalue weighted by Gasteiger charge is 2.09. The van der Waals surface area contributed by atoms with E-state index in [0.717, 1.165) is 13.1 Å². The molecule has 0 heterocycles. The Hall–Kier alpha value is -2.54. The van der Waals surface area contributed by atoms with Crippen molar-refractivity contribution >= 4 is 16.5 Å². The van der Waals surface area contributed by atoms with Gasteiger partial charge in [0.2, 0.25) is 0 Å². The summed E-state index contributed by atoms with van der Waals surface area (Å²) in [4.78, 5) is 2.37. The number of hydrogen-bond donors (Lipinski definition) is 0. The zero-order valence-electron chi connectivity index (χ0n) is 12.1. The quantitative estimate of drug-likeness (QED) is 0.589. The fraction of sp³-hybridized carbons (Fsp3) is 0.100. The molecule has 0 atom stereocenters. The Kier molecular flexibility index (Phi) is 4.02. The van der Waals surface area contributed by atoms with Crippen LogP contribution in [0, 0.1) is 0 Å². The van der Waals surface area contributed by atoms with E-state index < -0.39 is 0 Å². The zero-order chi connectivity index (χ0) is 14.5. The van der Waals surface area contributed by atoms with Gasteiger partial charge >= 0.3 is 0 Å². The molecule has 0 N–H and O–H groups in total. The van der Waals surface area contributed by atoms with Crippen LogP contribution in [0.2, 0.25) is 0 Å². The fourth-order valence-corrected chi connectivity index (χ4v) is 2.69. The summed E-state index contributed by atoms with van der Waals surface area (Å²) in [6.45, 7) is 5.63. The number of benzene rings is 3. The van der Waals surface area contributed by atoms with Crippen LogP contribution in [0.3, 0.4) is 0 Å². The predicted octanol–water partition coefficient (Wildman–Crippen LogP) is 5.03. The van der Waals surface area contributed by atoms with E-state index in [4.69, 9.17) is 0 Å². The van der Waals surface area contributed by atoms with Gasteiger partial charge in [-0.3, -0.25) is 0 Å². The number of anilines is 1. The van der Waals surface area contributed by atoms with Crippen molar-refractivity contribution in [2.45, 2.75) is 6.54 Å². The summed E-state index contributed by atoms with van der Waals surface area (Å²) in [5.41, 5.74) is 2.57. The van der Waals surface area contributed by atoms with Crippen molar-refractivity contribution in [3.8, 4) is 0 Å². The Morgan fingerprint density at radius 3 is 2.33 bits per heavy atom. The maximum absolute atomic E-state index is 3.91. The molecule has 0 bridgehead atoms. The molecule has 3 aromatic carbocycles. The zero-order valence-corrected chi connectivity index (χ0v) is 12.1. The first-order valence-corrected chi connectivity index (χ1v) is 7.26. The van der Waals surface area contributed by atoms with E-state index in [0.29, 0.717) is 0 Å². The van der Waals surface area contributed by atoms with Gasteiger partial charge in [0.25, 0.3) is 0 Å². The molecule has 0 spiro atoms. The second kappa shape index (κ2) is 6.27. The Morgan fingerprint density at radius 1 is 0.810 bits per heavy atom. The first-order chi connectivity index (χ1) is 10.4. The van der Waals surface area contributed by atoms with Gasteiger partial charge in [0.15, 0.2) is 0 Å². The number of fused-ring (bicyclic) bond motifs is 1. The summed E-state index contributed by atoms with van der Waals surface area (Å²) in [6.07, 6.45) is 1.96. The molecular weight excluding hydrogens is 254 g/mol. The average Bonchev–Trinajstić information content (AvgIpc) is 2.55. The average molecular weight is 273 g/mol. The molecule has 1 nitrogen and oxygen atoms in total. The molecular formula is C20H19N. The summed E-state index contributed by atoms with van der Waals surface area (Å²) in [6, 6.07) is 25.6. The van der Waals surface area contributed by atoms with Gasteiger partial charge in [0, 0.05) is 24.2 Å². The molecule has 3 rings (SSSR count). The maximum Gasteiger partial charge on any atom is 0.0451 e. The lowest BCUT2D eigenvalue weighted by Crippen LogP contribution is -2.22. The molecule has 0 saturated heterocycles. The van der Waals surface area contributed by atoms with Gasteiger partial charge < -0.3 is 4.90 Å². The monoisotopic (exact) mass is 273 g/mol. The Morgan fingerprint density at radius 2 is 1.52 bits per heavy atom. The van der Waals surface area contributed by atoms with E-state index in [2.05, 4.69) is 84.3 Å². The molecule has 0 aromatic heterocycles. The van der Waals surface area contributed by atoms with Gasteiger partial charge in [-0.25, -0.2) is 0 Å². The maximum atomic E-state index is 3.91. The first kappa shape index (κ1) is 13.4. The van der Waals surface area contributed by atoms with Crippen LogP contribution < -0.4 is 4.90 Å². The highest BCUT2D eigenvalue weighted by molar-refractivity contribution is 5.94. The molecule has 21 heavy (non-hydrogen) atoms. The summed E-state index contributed by atoms with van der Waals surface area (Å²) in [7, 11) is 0. The highest BCUT2D eigenvalue weighted by atomic mass is 15.1. The van der Waals surface area contributed by atoms with Crippen LogP contribution in [0.25, 0.3) is 10.8 Å². The van der Waals surface area contributed by atoms with Crippen LogP contribution in [-0.2, 0) is 6.54 Å². The third-order valence-electron chi connectivity index (χ3n) is 3.67. The molecule has 1 heteroatoms. The van der Waals surface area contributed by atoms with Crippen LogP contribution in [0.15, 0.2) is 85.5 Å². The lowest BCUT2D eigenvalue weighted by molar-refractivity contribution is 0.872. The third-order valence-corrected chi connectivity index (χ3v) is 3.67. The Balaban J connectivity index is 2.01. The van der Waals surface area contributed by atoms with Crippen molar-refractivity contribution in [2.24, 2.45) is 0 Å². The van der Waals surface area contributed by atoms with Gasteiger partial charge in [-0.15, -0.1) is 6.58 Å². The minimum absolute atomic E-state index is 0.836. The van der Waals surface area contributed by atoms with Crippen molar-refractivity contribution in [3.63, 3.8) is 0 Å². The second-order valence-corrected chi connectivity index (χ2v) is 5.15. The SMILES string of the molecule is C=CCN(Cc1ccccc1)c1cccc2ccccc12. The normalized spacial score (nSPS) is 10.5. The van der Waals surface area contributed by atoms with E-state index >= 15 is 0 Å². The minimum Gasteiger partial charge on any atom is -0.363 e. The van der Waals surface area contributed by atoms with Crippen LogP contribution in [-0.4, -0.2) is 6.54 Å². The largest absolute Gasteiger partial charge is 0.363 e. The highest BCUT2D eigenvalue weighted by Crippen LogP contribution is 2.27. The fourth-order valence-electron chi connectivity index (χ4n) is 2.69. The summed E-state index contributed by atoms with van der Waals surface area (Å²) in [5, 5.41) is 2.56. The molecule has 0 radical (unpaired) electrons. The number of rotatable bonds is 5. The van der Waals surface area contributed by atoms with E-state index in [1.807, 2.05) is 6.08 Å². The van der Waals surface area contributed by atoms with Gasteiger partial charge in [-0.2, -0.15) is 0 Å². The second-order valence-electron chi connectivity index (χ2n) is 5.15. The lowest BCUT2D eigenvalue weighted by atomic mass is 10.1. The van der Waals surface area contributed by atoms with E-state index in [9.17, 15) is 0 Å². The van der Waals surface area contributed by atoms with E-state index in [1.54, 1.807) is 0 Å². The lowest BCUT2D eigenvalue weighted by Gasteiger charge is -2.25. The van der Waals surface area contributed by atoms with Gasteiger partial charge in [0.1, 0.15) is 0 Å². The van der Waals surface area contributed by atoms with E-state index in [1.165, 1.54) is 22.0 Å². The Bertz CT molecular complexity index is 726. The van der Waals surface area contributed by atoms with Crippen LogP contribution >= 0.6 is 0 Å². The molecule has 0 fully saturated rings. The van der Waals surface area contributed by atoms with Crippen LogP contribution in [0.1, 0.15) is 5.56 Å². The van der Waals surface area contributed by atoms with Crippen molar-refractivity contribution < 1.29 is 0 Å². The summed E-state index contributed by atoms with van der Waals surface area (Å²) in [5.74, 6) is 0. The molecule has 0 aliphatic rings. The molecule has 0 saturated carbocycles. The Labute approximate surface area is 126 Å². The molecule has 0 aliphatic carbocycles. The summed E-state index contributed by atoms with van der Waals surface area (Å²) < 4.78 is 0. The molecule has 3 aromatic rings. The topological polar surface area (TPSA) is 3.24 Å². The molecule has 0 unspecified atom stereocenters. The van der Waals surface area contributed by atoms with Crippen molar-refractivity contribution in [1.82, 2.24) is 0 Å². The molecule has 104 valence electrons. The van der Waals surface area contributed by atoms with Gasteiger partial charge in [0.05, 0.1) is 0 Å². The van der Waals surface area contributed by atoms with Crippen molar-refractivity contribution in [1.29, 1.82) is 0 Å². The summed E-state index contributed by atoms with van der Waals surface area (Å²) >= 11 is 0. The third kappa shape index (κ3) is 2.97. The van der Waals surface area contributed by atoms with Crippen LogP contribution in [0.5, 0.6) is 0 Å².